The molecule has 3 aromatic rings. The standard InChI is InChI=1S/C25H31F2N5O/c1-32(2)23-20-8-4-5-9-21(20)30-25(31-23)29-19-13-11-17(12-14-19)15-28-16-18-7-3-6-10-22(18)33-24(26)27/h3-10,17,19,24,28H,11-16H2,1-2H3,(H,29,30,31)/t17-,19+. The molecule has 0 atom stereocenters. The molecule has 1 heterocycles. The van der Waals surface area contributed by atoms with Gasteiger partial charge < -0.3 is 20.3 Å². The first-order chi connectivity index (χ1) is 16.0. The Kier molecular flexibility index (Phi) is 7.54. The lowest BCUT2D eigenvalue weighted by Gasteiger charge is -2.29. The van der Waals surface area contributed by atoms with Crippen molar-refractivity contribution in [2.45, 2.75) is 44.9 Å². The van der Waals surface area contributed by atoms with Crippen LogP contribution in [0.1, 0.15) is 31.2 Å². The SMILES string of the molecule is CN(C)c1nc(N[C@H]2CC[C@@H](CNCc3ccccc3OC(F)F)CC2)nc2ccccc12. The van der Waals surface area contributed by atoms with Gasteiger partial charge in [0, 0.05) is 37.6 Å². The van der Waals surface area contributed by atoms with Crippen LogP contribution in [0.25, 0.3) is 10.9 Å². The maximum absolute atomic E-state index is 12.6. The van der Waals surface area contributed by atoms with E-state index in [0.29, 0.717) is 24.5 Å². The van der Waals surface area contributed by atoms with Crippen LogP contribution in [0.15, 0.2) is 48.5 Å². The van der Waals surface area contributed by atoms with Crippen LogP contribution in [0.2, 0.25) is 0 Å². The van der Waals surface area contributed by atoms with Crippen LogP contribution in [0.4, 0.5) is 20.5 Å². The van der Waals surface area contributed by atoms with Crippen molar-refractivity contribution in [1.82, 2.24) is 15.3 Å². The van der Waals surface area contributed by atoms with Gasteiger partial charge in [-0.3, -0.25) is 0 Å². The third kappa shape index (κ3) is 6.07. The van der Waals surface area contributed by atoms with E-state index in [-0.39, 0.29) is 5.75 Å². The molecule has 0 radical (unpaired) electrons. The van der Waals surface area contributed by atoms with Crippen molar-refractivity contribution < 1.29 is 13.5 Å². The number of halogens is 2. The van der Waals surface area contributed by atoms with Gasteiger partial charge in [0.2, 0.25) is 5.95 Å². The third-order valence-electron chi connectivity index (χ3n) is 6.12. The summed E-state index contributed by atoms with van der Waals surface area (Å²) < 4.78 is 29.8. The zero-order chi connectivity index (χ0) is 23.2. The summed E-state index contributed by atoms with van der Waals surface area (Å²) in [6, 6.07) is 15.3. The molecule has 2 N–H and O–H groups in total. The lowest BCUT2D eigenvalue weighted by molar-refractivity contribution is -0.0505. The molecule has 1 fully saturated rings. The summed E-state index contributed by atoms with van der Waals surface area (Å²) in [5.41, 5.74) is 1.69. The zero-order valence-corrected chi connectivity index (χ0v) is 19.1. The number of hydrogen-bond donors (Lipinski definition) is 2. The van der Waals surface area contributed by atoms with Crippen molar-refractivity contribution in [3.8, 4) is 5.75 Å². The number of rotatable bonds is 9. The maximum atomic E-state index is 12.6. The van der Waals surface area contributed by atoms with Crippen LogP contribution in [0, 0.1) is 5.92 Å². The molecule has 33 heavy (non-hydrogen) atoms. The van der Waals surface area contributed by atoms with Crippen LogP contribution in [-0.2, 0) is 6.54 Å². The highest BCUT2D eigenvalue weighted by molar-refractivity contribution is 5.90. The molecule has 1 aliphatic carbocycles. The summed E-state index contributed by atoms with van der Waals surface area (Å²) in [5, 5.41) is 8.00. The molecule has 0 aliphatic heterocycles. The number of anilines is 2. The second-order valence-corrected chi connectivity index (χ2v) is 8.76. The van der Waals surface area contributed by atoms with Crippen molar-refractivity contribution in [3.05, 3.63) is 54.1 Å². The number of ether oxygens (including phenoxy) is 1. The molecule has 0 bridgehead atoms. The molecular formula is C25H31F2N5O. The number of nitrogens with one attached hydrogen (secondary N) is 2. The van der Waals surface area contributed by atoms with E-state index in [4.69, 9.17) is 9.97 Å². The molecule has 4 rings (SSSR count). The Bertz CT molecular complexity index is 1050. The molecule has 6 nitrogen and oxygen atoms in total. The van der Waals surface area contributed by atoms with E-state index >= 15 is 0 Å². The highest BCUT2D eigenvalue weighted by Crippen LogP contribution is 2.28. The topological polar surface area (TPSA) is 62.3 Å². The second-order valence-electron chi connectivity index (χ2n) is 8.76. The smallest absolute Gasteiger partial charge is 0.387 e. The van der Waals surface area contributed by atoms with E-state index in [9.17, 15) is 8.78 Å². The van der Waals surface area contributed by atoms with Crippen LogP contribution >= 0.6 is 0 Å². The van der Waals surface area contributed by atoms with Gasteiger partial charge in [-0.2, -0.15) is 13.8 Å². The molecular weight excluding hydrogens is 424 g/mol. The molecule has 1 aromatic heterocycles. The molecule has 0 amide bonds. The van der Waals surface area contributed by atoms with E-state index in [1.165, 1.54) is 0 Å². The summed E-state index contributed by atoms with van der Waals surface area (Å²) in [4.78, 5) is 11.5. The van der Waals surface area contributed by atoms with Gasteiger partial charge in [-0.25, -0.2) is 4.98 Å². The van der Waals surface area contributed by atoms with Crippen molar-refractivity contribution in [3.63, 3.8) is 0 Å². The highest BCUT2D eigenvalue weighted by Gasteiger charge is 2.22. The molecule has 1 saturated carbocycles. The molecule has 0 unspecified atom stereocenters. The fourth-order valence-corrected chi connectivity index (χ4v) is 4.43. The number of alkyl halides is 2. The Morgan fingerprint density at radius 1 is 1.00 bits per heavy atom. The van der Waals surface area contributed by atoms with Crippen LogP contribution in [-0.4, -0.2) is 43.3 Å². The average molecular weight is 456 g/mol. The van der Waals surface area contributed by atoms with E-state index in [1.54, 1.807) is 12.1 Å². The largest absolute Gasteiger partial charge is 0.434 e. The minimum Gasteiger partial charge on any atom is -0.434 e. The molecule has 0 saturated heterocycles. The number of para-hydroxylation sites is 2. The summed E-state index contributed by atoms with van der Waals surface area (Å²) in [6.45, 7) is -1.44. The Hall–Kier alpha value is -3.00. The van der Waals surface area contributed by atoms with Gasteiger partial charge in [-0.05, 0) is 56.3 Å². The minimum absolute atomic E-state index is 0.236. The first-order valence-corrected chi connectivity index (χ1v) is 11.4. The van der Waals surface area contributed by atoms with Crippen molar-refractivity contribution >= 4 is 22.7 Å². The summed E-state index contributed by atoms with van der Waals surface area (Å²) in [5.74, 6) is 2.38. The quantitative estimate of drug-likeness (QED) is 0.470. The first-order valence-electron chi connectivity index (χ1n) is 11.4. The predicted molar refractivity (Wildman–Crippen MR) is 128 cm³/mol. The van der Waals surface area contributed by atoms with E-state index in [0.717, 1.165) is 54.5 Å². The minimum atomic E-state index is -2.81. The van der Waals surface area contributed by atoms with Gasteiger partial charge in [-0.15, -0.1) is 0 Å². The van der Waals surface area contributed by atoms with Crippen molar-refractivity contribution in [2.75, 3.05) is 30.9 Å². The van der Waals surface area contributed by atoms with Crippen molar-refractivity contribution in [2.24, 2.45) is 5.92 Å². The first kappa shape index (κ1) is 23.2. The van der Waals surface area contributed by atoms with Gasteiger partial charge in [0.1, 0.15) is 11.6 Å². The second kappa shape index (κ2) is 10.7. The van der Waals surface area contributed by atoms with Gasteiger partial charge in [0.15, 0.2) is 0 Å². The fourth-order valence-electron chi connectivity index (χ4n) is 4.43. The van der Waals surface area contributed by atoms with Crippen LogP contribution in [0.3, 0.4) is 0 Å². The fraction of sp³-hybridized carbons (Fsp3) is 0.440. The maximum Gasteiger partial charge on any atom is 0.387 e. The normalized spacial score (nSPS) is 18.5. The summed E-state index contributed by atoms with van der Waals surface area (Å²) in [6.07, 6.45) is 4.28. The lowest BCUT2D eigenvalue weighted by atomic mass is 9.86. The molecule has 0 spiro atoms. The number of benzene rings is 2. The number of nitrogens with zero attached hydrogens (tertiary/aromatic N) is 3. The van der Waals surface area contributed by atoms with Gasteiger partial charge in [0.05, 0.1) is 5.52 Å². The zero-order valence-electron chi connectivity index (χ0n) is 19.1. The lowest BCUT2D eigenvalue weighted by Crippen LogP contribution is -2.31. The van der Waals surface area contributed by atoms with Gasteiger partial charge >= 0.3 is 6.61 Å². The number of fused-ring (bicyclic) bond motifs is 1. The van der Waals surface area contributed by atoms with Crippen LogP contribution < -0.4 is 20.3 Å². The summed E-state index contributed by atoms with van der Waals surface area (Å²) in [7, 11) is 3.99. The molecule has 176 valence electrons. The predicted octanol–water partition coefficient (Wildman–Crippen LogP) is 5.06. The molecule has 8 heteroatoms. The Labute approximate surface area is 193 Å². The van der Waals surface area contributed by atoms with E-state index in [1.807, 2.05) is 55.4 Å². The van der Waals surface area contributed by atoms with E-state index < -0.39 is 6.61 Å². The number of aromatic nitrogens is 2. The van der Waals surface area contributed by atoms with Crippen molar-refractivity contribution in [1.29, 1.82) is 0 Å². The van der Waals surface area contributed by atoms with Gasteiger partial charge in [-0.1, -0.05) is 30.3 Å². The van der Waals surface area contributed by atoms with Gasteiger partial charge in [0.25, 0.3) is 0 Å². The Balaban J connectivity index is 1.28. The Morgan fingerprint density at radius 3 is 2.48 bits per heavy atom. The van der Waals surface area contributed by atoms with Crippen LogP contribution in [0.5, 0.6) is 5.75 Å². The van der Waals surface area contributed by atoms with E-state index in [2.05, 4.69) is 15.4 Å². The monoisotopic (exact) mass is 455 g/mol. The highest BCUT2D eigenvalue weighted by atomic mass is 19.3. The molecule has 2 aromatic carbocycles. The Morgan fingerprint density at radius 2 is 1.73 bits per heavy atom. The average Bonchev–Trinajstić information content (AvgIpc) is 2.80. The summed E-state index contributed by atoms with van der Waals surface area (Å²) >= 11 is 0. The molecule has 1 aliphatic rings. The number of hydrogen-bond acceptors (Lipinski definition) is 6. The third-order valence-corrected chi connectivity index (χ3v) is 6.12.